The van der Waals surface area contributed by atoms with Crippen LogP contribution in [-0.4, -0.2) is 4.57 Å². The number of hydrogen-bond acceptors (Lipinski definition) is 2. The Kier molecular flexibility index (Phi) is 3.38. The lowest BCUT2D eigenvalue weighted by atomic mass is 10.1. The lowest BCUT2D eigenvalue weighted by molar-refractivity contribution is 0.493. The van der Waals surface area contributed by atoms with Crippen LogP contribution >= 0.6 is 0 Å². The summed E-state index contributed by atoms with van der Waals surface area (Å²) in [6.07, 6.45) is 3.29. The number of aryl methyl sites for hydroxylation is 1. The summed E-state index contributed by atoms with van der Waals surface area (Å²) < 4.78 is 1.96. The maximum Gasteiger partial charge on any atom is 0.255 e. The second kappa shape index (κ2) is 4.65. The third kappa shape index (κ3) is 2.29. The van der Waals surface area contributed by atoms with Gasteiger partial charge in [0.25, 0.3) is 5.56 Å². The molecular weight excluding hydrogens is 212 g/mol. The molecule has 1 aliphatic carbocycles. The molecule has 0 fully saturated rings. The highest BCUT2D eigenvalue weighted by atomic mass is 16.1. The molecule has 0 aromatic carbocycles. The largest absolute Gasteiger partial charge is 0.324 e. The maximum absolute atomic E-state index is 12.4. The van der Waals surface area contributed by atoms with E-state index in [4.69, 9.17) is 5.73 Å². The zero-order valence-corrected chi connectivity index (χ0v) is 11.0. The number of hydrogen-bond donors (Lipinski definition) is 1. The average molecular weight is 234 g/mol. The molecule has 0 saturated carbocycles. The quantitative estimate of drug-likeness (QED) is 0.869. The number of aromatic nitrogens is 1. The monoisotopic (exact) mass is 234 g/mol. The van der Waals surface area contributed by atoms with Gasteiger partial charge in [-0.2, -0.15) is 0 Å². The Morgan fingerprint density at radius 3 is 2.65 bits per heavy atom. The highest BCUT2D eigenvalue weighted by molar-refractivity contribution is 5.31. The van der Waals surface area contributed by atoms with Crippen LogP contribution in [0.3, 0.4) is 0 Å². The molecule has 2 N–H and O–H groups in total. The Bertz CT molecular complexity index is 472. The minimum atomic E-state index is -0.174. The topological polar surface area (TPSA) is 48.0 Å². The van der Waals surface area contributed by atoms with E-state index in [0.717, 1.165) is 31.4 Å². The van der Waals surface area contributed by atoms with Gasteiger partial charge in [-0.25, -0.2) is 0 Å². The molecule has 1 aliphatic rings. The molecule has 0 spiro atoms. The molecule has 1 unspecified atom stereocenters. The normalized spacial score (nSPS) is 16.3. The zero-order valence-electron chi connectivity index (χ0n) is 11.0. The van der Waals surface area contributed by atoms with E-state index in [0.29, 0.717) is 5.92 Å². The van der Waals surface area contributed by atoms with Crippen molar-refractivity contribution in [1.82, 2.24) is 4.57 Å². The lowest BCUT2D eigenvalue weighted by Crippen LogP contribution is -2.31. The standard InChI is InChI=1S/C14H22N2O/c1-9(2)8-16-13-6-4-5-11(13)7-12(10(3)15)14(16)17/h7,9-10H,4-6,8,15H2,1-3H3. The van der Waals surface area contributed by atoms with Gasteiger partial charge in [-0.1, -0.05) is 13.8 Å². The molecule has 94 valence electrons. The molecular formula is C14H22N2O. The van der Waals surface area contributed by atoms with Gasteiger partial charge in [0.2, 0.25) is 0 Å². The third-order valence-corrected chi connectivity index (χ3v) is 3.42. The van der Waals surface area contributed by atoms with Crippen LogP contribution in [0, 0.1) is 5.92 Å². The Labute approximate surface area is 103 Å². The fourth-order valence-electron chi connectivity index (χ4n) is 2.63. The molecule has 1 aromatic heterocycles. The van der Waals surface area contributed by atoms with Crippen LogP contribution < -0.4 is 11.3 Å². The van der Waals surface area contributed by atoms with E-state index in [2.05, 4.69) is 13.8 Å². The van der Waals surface area contributed by atoms with Crippen molar-refractivity contribution in [2.24, 2.45) is 11.7 Å². The van der Waals surface area contributed by atoms with Gasteiger partial charge in [-0.15, -0.1) is 0 Å². The van der Waals surface area contributed by atoms with Crippen molar-refractivity contribution in [2.75, 3.05) is 0 Å². The summed E-state index contributed by atoms with van der Waals surface area (Å²) in [5, 5.41) is 0. The van der Waals surface area contributed by atoms with E-state index >= 15 is 0 Å². The smallest absolute Gasteiger partial charge is 0.255 e. The van der Waals surface area contributed by atoms with E-state index in [1.54, 1.807) is 0 Å². The van der Waals surface area contributed by atoms with Crippen molar-refractivity contribution in [3.8, 4) is 0 Å². The molecule has 1 heterocycles. The van der Waals surface area contributed by atoms with Crippen molar-refractivity contribution in [3.63, 3.8) is 0 Å². The van der Waals surface area contributed by atoms with Crippen molar-refractivity contribution in [3.05, 3.63) is 33.2 Å². The first-order valence-electron chi connectivity index (χ1n) is 6.51. The molecule has 0 bridgehead atoms. The van der Waals surface area contributed by atoms with Crippen LogP contribution in [0.5, 0.6) is 0 Å². The molecule has 1 atom stereocenters. The van der Waals surface area contributed by atoms with E-state index < -0.39 is 0 Å². The van der Waals surface area contributed by atoms with Crippen molar-refractivity contribution >= 4 is 0 Å². The van der Waals surface area contributed by atoms with Gasteiger partial charge < -0.3 is 10.3 Å². The molecule has 0 radical (unpaired) electrons. The summed E-state index contributed by atoms with van der Waals surface area (Å²) in [6, 6.07) is 1.86. The lowest BCUT2D eigenvalue weighted by Gasteiger charge is -2.17. The van der Waals surface area contributed by atoms with Crippen LogP contribution in [0.1, 0.15) is 50.1 Å². The van der Waals surface area contributed by atoms with Crippen LogP contribution in [0.25, 0.3) is 0 Å². The molecule has 3 nitrogen and oxygen atoms in total. The first-order valence-corrected chi connectivity index (χ1v) is 6.51. The first kappa shape index (κ1) is 12.4. The van der Waals surface area contributed by atoms with Gasteiger partial charge in [0, 0.05) is 23.8 Å². The average Bonchev–Trinajstić information content (AvgIpc) is 2.68. The van der Waals surface area contributed by atoms with Gasteiger partial charge in [-0.05, 0) is 43.7 Å². The minimum absolute atomic E-state index is 0.120. The summed E-state index contributed by atoms with van der Waals surface area (Å²) in [6.45, 7) is 6.98. The summed E-state index contributed by atoms with van der Waals surface area (Å²) in [5.41, 5.74) is 9.36. The van der Waals surface area contributed by atoms with Gasteiger partial charge >= 0.3 is 0 Å². The highest BCUT2D eigenvalue weighted by Crippen LogP contribution is 2.23. The van der Waals surface area contributed by atoms with Crippen molar-refractivity contribution in [1.29, 1.82) is 0 Å². The number of fused-ring (bicyclic) bond motifs is 1. The predicted octanol–water partition coefficient (Wildman–Crippen LogP) is 2.01. The molecule has 3 heteroatoms. The second-order valence-corrected chi connectivity index (χ2v) is 5.52. The van der Waals surface area contributed by atoms with Crippen LogP contribution in [0.2, 0.25) is 0 Å². The summed E-state index contributed by atoms with van der Waals surface area (Å²) in [4.78, 5) is 12.4. The third-order valence-electron chi connectivity index (χ3n) is 3.42. The summed E-state index contributed by atoms with van der Waals surface area (Å²) in [5.74, 6) is 0.487. The van der Waals surface area contributed by atoms with Crippen LogP contribution in [0.4, 0.5) is 0 Å². The number of nitrogens with two attached hydrogens (primary N) is 1. The van der Waals surface area contributed by atoms with E-state index in [1.165, 1.54) is 11.3 Å². The Morgan fingerprint density at radius 2 is 2.06 bits per heavy atom. The van der Waals surface area contributed by atoms with Gasteiger partial charge in [-0.3, -0.25) is 4.79 Å². The molecule has 0 saturated heterocycles. The minimum Gasteiger partial charge on any atom is -0.324 e. The van der Waals surface area contributed by atoms with E-state index in [1.807, 2.05) is 17.6 Å². The van der Waals surface area contributed by atoms with E-state index in [-0.39, 0.29) is 11.6 Å². The molecule has 2 rings (SSSR count). The first-order chi connectivity index (χ1) is 8.00. The van der Waals surface area contributed by atoms with Gasteiger partial charge in [0.05, 0.1) is 0 Å². The number of pyridine rings is 1. The van der Waals surface area contributed by atoms with Crippen LogP contribution in [-0.2, 0) is 19.4 Å². The van der Waals surface area contributed by atoms with Crippen LogP contribution in [0.15, 0.2) is 10.9 Å². The number of nitrogens with zero attached hydrogens (tertiary/aromatic N) is 1. The maximum atomic E-state index is 12.4. The summed E-state index contributed by atoms with van der Waals surface area (Å²) in [7, 11) is 0. The second-order valence-electron chi connectivity index (χ2n) is 5.52. The molecule has 0 aliphatic heterocycles. The van der Waals surface area contributed by atoms with E-state index in [9.17, 15) is 4.79 Å². The molecule has 0 amide bonds. The Morgan fingerprint density at radius 1 is 1.35 bits per heavy atom. The van der Waals surface area contributed by atoms with Crippen molar-refractivity contribution < 1.29 is 0 Å². The fraction of sp³-hybridized carbons (Fsp3) is 0.643. The highest BCUT2D eigenvalue weighted by Gasteiger charge is 2.20. The SMILES string of the molecule is CC(C)Cn1c2c(cc(C(C)N)c1=O)CCC2. The fourth-order valence-corrected chi connectivity index (χ4v) is 2.63. The molecule has 17 heavy (non-hydrogen) atoms. The predicted molar refractivity (Wildman–Crippen MR) is 70.2 cm³/mol. The Hall–Kier alpha value is -1.09. The van der Waals surface area contributed by atoms with Gasteiger partial charge in [0.1, 0.15) is 0 Å². The number of rotatable bonds is 3. The summed E-state index contributed by atoms with van der Waals surface area (Å²) >= 11 is 0. The zero-order chi connectivity index (χ0) is 12.6. The Balaban J connectivity index is 2.58. The van der Waals surface area contributed by atoms with Crippen molar-refractivity contribution in [2.45, 2.75) is 52.6 Å². The van der Waals surface area contributed by atoms with Gasteiger partial charge in [0.15, 0.2) is 0 Å². The molecule has 1 aromatic rings.